The molecule has 2 atom stereocenters. The van der Waals surface area contributed by atoms with Gasteiger partial charge in [0.05, 0.1) is 6.07 Å². The number of nitrogens with two attached hydrogens (primary N) is 2. The monoisotopic (exact) mass is 216 g/mol. The zero-order valence-corrected chi connectivity index (χ0v) is 10.2. The molecular weight excluding hydrogens is 198 g/mol. The van der Waals surface area contributed by atoms with E-state index in [1.165, 1.54) is 13.8 Å². The molecule has 0 heterocycles. The molecule has 0 radical (unpaired) electrons. The number of nitriles is 1. The van der Waals surface area contributed by atoms with Gasteiger partial charge in [-0.1, -0.05) is 5.16 Å². The Balaban J connectivity index is -0.0000000209. The molecule has 8 heteroatoms. The summed E-state index contributed by atoms with van der Waals surface area (Å²) in [6, 6.07) is 1.75. The lowest BCUT2D eigenvalue weighted by molar-refractivity contribution is 0.311. The van der Waals surface area contributed by atoms with Gasteiger partial charge in [0.1, 0.15) is 5.84 Å². The van der Waals surface area contributed by atoms with Crippen LogP contribution in [0.25, 0.3) is 0 Å². The second-order valence-corrected chi connectivity index (χ2v) is 0.965. The van der Waals surface area contributed by atoms with E-state index in [0.29, 0.717) is 0 Å². The molecule has 0 aliphatic carbocycles. The zero-order chi connectivity index (χ0) is 8.99. The summed E-state index contributed by atoms with van der Waals surface area (Å²) in [7, 11) is 0. The fourth-order valence-corrected chi connectivity index (χ4v) is 0. The van der Waals surface area contributed by atoms with Crippen LogP contribution < -0.4 is 11.6 Å². The minimum absolute atomic E-state index is 0. The summed E-state index contributed by atoms with van der Waals surface area (Å²) in [6.45, 7) is 2.93. The SMILES string of the molecule is C/C(N)=N/O.CC#N.NO.P.P. The zero-order valence-electron chi connectivity index (χ0n) is 7.36. The fourth-order valence-electron chi connectivity index (χ4n) is 0. The summed E-state index contributed by atoms with van der Waals surface area (Å²) in [5.41, 5.74) is 4.79. The maximum absolute atomic E-state index is 7.61. The molecule has 0 aliphatic heterocycles. The lowest BCUT2D eigenvalue weighted by Crippen LogP contribution is -2.03. The smallest absolute Gasteiger partial charge is 0.135 e. The third-order valence-electron chi connectivity index (χ3n) is 0.158. The van der Waals surface area contributed by atoms with Gasteiger partial charge < -0.3 is 16.1 Å². The van der Waals surface area contributed by atoms with Crippen LogP contribution in [0.1, 0.15) is 13.8 Å². The van der Waals surface area contributed by atoms with Gasteiger partial charge in [-0.05, 0) is 6.92 Å². The average Bonchev–Trinajstić information content (AvgIpc) is 1.94. The van der Waals surface area contributed by atoms with E-state index in [4.69, 9.17) is 21.4 Å². The van der Waals surface area contributed by atoms with Gasteiger partial charge in [-0.3, -0.25) is 0 Å². The molecule has 0 spiro atoms. The Labute approximate surface area is 78.8 Å². The Hall–Kier alpha value is -0.460. The van der Waals surface area contributed by atoms with Crippen LogP contribution in [0.4, 0.5) is 0 Å². The van der Waals surface area contributed by atoms with Gasteiger partial charge in [0.2, 0.25) is 0 Å². The van der Waals surface area contributed by atoms with E-state index in [9.17, 15) is 0 Å². The van der Waals surface area contributed by atoms with E-state index in [0.717, 1.165) is 0 Å². The maximum atomic E-state index is 7.61. The Morgan fingerprint density at radius 3 is 1.50 bits per heavy atom. The fraction of sp³-hybridized carbons (Fsp3) is 0.500. The number of hydrogen-bond acceptors (Lipinski definition) is 5. The lowest BCUT2D eigenvalue weighted by atomic mass is 10.7. The van der Waals surface area contributed by atoms with E-state index >= 15 is 0 Å². The molecule has 0 amide bonds. The highest BCUT2D eigenvalue weighted by Gasteiger charge is 1.64. The van der Waals surface area contributed by atoms with Crippen LogP contribution in [-0.2, 0) is 0 Å². The second-order valence-electron chi connectivity index (χ2n) is 0.965. The molecule has 0 fully saturated rings. The molecule has 6 nitrogen and oxygen atoms in total. The first kappa shape index (κ1) is 30.0. The van der Waals surface area contributed by atoms with Crippen molar-refractivity contribution < 1.29 is 10.4 Å². The van der Waals surface area contributed by atoms with Crippen molar-refractivity contribution in [3.63, 3.8) is 0 Å². The van der Waals surface area contributed by atoms with Crippen molar-refractivity contribution in [2.75, 3.05) is 0 Å². The van der Waals surface area contributed by atoms with Crippen LogP contribution in [-0.4, -0.2) is 16.3 Å². The van der Waals surface area contributed by atoms with Crippen LogP contribution in [0.2, 0.25) is 0 Å². The van der Waals surface area contributed by atoms with Gasteiger partial charge in [-0.2, -0.15) is 25.1 Å². The summed E-state index contributed by atoms with van der Waals surface area (Å²) in [4.78, 5) is 0. The van der Waals surface area contributed by atoms with Crippen molar-refractivity contribution in [1.82, 2.24) is 0 Å². The first-order valence-corrected chi connectivity index (χ1v) is 2.19. The van der Waals surface area contributed by atoms with Gasteiger partial charge in [0.15, 0.2) is 0 Å². The largest absolute Gasteiger partial charge is 0.409 e. The molecule has 12 heavy (non-hydrogen) atoms. The highest BCUT2D eigenvalue weighted by Crippen LogP contribution is 1.51. The van der Waals surface area contributed by atoms with Gasteiger partial charge >= 0.3 is 0 Å². The van der Waals surface area contributed by atoms with Crippen LogP contribution in [0.3, 0.4) is 0 Å². The van der Waals surface area contributed by atoms with Gasteiger partial charge in [-0.25, -0.2) is 5.90 Å². The van der Waals surface area contributed by atoms with E-state index < -0.39 is 0 Å². The minimum atomic E-state index is 0. The van der Waals surface area contributed by atoms with E-state index in [1.54, 1.807) is 6.07 Å². The van der Waals surface area contributed by atoms with Gasteiger partial charge in [0.25, 0.3) is 0 Å². The van der Waals surface area contributed by atoms with Crippen molar-refractivity contribution in [2.45, 2.75) is 13.8 Å². The molecule has 0 aromatic heterocycles. The molecular formula is C4H18N4O2P2. The van der Waals surface area contributed by atoms with E-state index in [1.807, 2.05) is 0 Å². The second kappa shape index (κ2) is 46.5. The summed E-state index contributed by atoms with van der Waals surface area (Å²) in [5, 5.41) is 24.0. The van der Waals surface area contributed by atoms with Crippen LogP contribution in [0.5, 0.6) is 0 Å². The van der Waals surface area contributed by atoms with Crippen LogP contribution in [0, 0.1) is 11.3 Å². The number of amidine groups is 1. The Morgan fingerprint density at radius 1 is 1.42 bits per heavy atom. The Kier molecular flexibility index (Phi) is 116. The first-order valence-electron chi connectivity index (χ1n) is 2.19. The quantitative estimate of drug-likeness (QED) is 0.146. The van der Waals surface area contributed by atoms with Crippen molar-refractivity contribution in [1.29, 1.82) is 5.26 Å². The summed E-state index contributed by atoms with van der Waals surface area (Å²) in [5.74, 6) is 3.69. The Bertz CT molecular complexity index is 110. The molecule has 0 bridgehead atoms. The molecule has 0 saturated carbocycles. The molecule has 76 valence electrons. The topological polar surface area (TPSA) is 129 Å². The number of hydrogen-bond donors (Lipinski definition) is 4. The molecule has 6 N–H and O–H groups in total. The van der Waals surface area contributed by atoms with Gasteiger partial charge in [0, 0.05) is 6.92 Å². The minimum Gasteiger partial charge on any atom is -0.409 e. The molecule has 0 rings (SSSR count). The number of nitrogens with zero attached hydrogens (tertiary/aromatic N) is 2. The average molecular weight is 216 g/mol. The molecule has 0 aromatic carbocycles. The standard InChI is InChI=1S/C2H6N2O.C2H3N.H3NO.2H3P/c1-2(3)4-5;1-2-3;1-2;;/h5H,1H3,(H2,3,4);1H3;2H,1H2;2*1H3. The summed E-state index contributed by atoms with van der Waals surface area (Å²) in [6.07, 6.45) is 0. The van der Waals surface area contributed by atoms with Crippen molar-refractivity contribution in [3.05, 3.63) is 0 Å². The van der Waals surface area contributed by atoms with Crippen molar-refractivity contribution >= 4 is 25.6 Å². The van der Waals surface area contributed by atoms with Crippen molar-refractivity contribution in [3.8, 4) is 6.07 Å². The van der Waals surface area contributed by atoms with Crippen LogP contribution in [0.15, 0.2) is 5.16 Å². The molecule has 0 aromatic rings. The third kappa shape index (κ3) is 293. The van der Waals surface area contributed by atoms with Crippen LogP contribution >= 0.6 is 19.8 Å². The molecule has 0 saturated heterocycles. The summed E-state index contributed by atoms with van der Waals surface area (Å²) >= 11 is 0. The van der Waals surface area contributed by atoms with E-state index in [2.05, 4.69) is 11.1 Å². The normalized spacial score (nSPS) is 6.08. The third-order valence-corrected chi connectivity index (χ3v) is 0.158. The highest BCUT2D eigenvalue weighted by atomic mass is 31.0. The predicted molar refractivity (Wildman–Crippen MR) is 58.6 cm³/mol. The predicted octanol–water partition coefficient (Wildman–Crippen LogP) is -0.267. The lowest BCUT2D eigenvalue weighted by Gasteiger charge is -1.73. The number of rotatable bonds is 0. The van der Waals surface area contributed by atoms with E-state index in [-0.39, 0.29) is 25.6 Å². The van der Waals surface area contributed by atoms with Crippen molar-refractivity contribution in [2.24, 2.45) is 16.8 Å². The number of oxime groups is 1. The molecule has 2 unspecified atom stereocenters. The summed E-state index contributed by atoms with van der Waals surface area (Å²) < 4.78 is 0. The highest BCUT2D eigenvalue weighted by molar-refractivity contribution is 6.92. The maximum Gasteiger partial charge on any atom is 0.135 e. The molecule has 0 aliphatic rings. The first-order chi connectivity index (χ1) is 4.68. The van der Waals surface area contributed by atoms with Gasteiger partial charge in [-0.15, -0.1) is 0 Å². The Morgan fingerprint density at radius 2 is 1.50 bits per heavy atom.